The summed E-state index contributed by atoms with van der Waals surface area (Å²) in [7, 11) is -3.93. The van der Waals surface area contributed by atoms with Gasteiger partial charge in [-0.2, -0.15) is 4.57 Å². The Labute approximate surface area is 191 Å². The molecule has 3 rings (SSSR count). The average Bonchev–Trinajstić information content (AvgIpc) is 2.61. The molecule has 0 saturated carbocycles. The van der Waals surface area contributed by atoms with E-state index in [9.17, 15) is 4.57 Å². The average molecular weight is 427 g/mol. The normalized spacial score (nSPS) is 10.2. The van der Waals surface area contributed by atoms with Crippen LogP contribution in [0.2, 0.25) is 0 Å². The van der Waals surface area contributed by atoms with Crippen LogP contribution in [0.3, 0.4) is 0 Å². The molecule has 0 amide bonds. The van der Waals surface area contributed by atoms with Gasteiger partial charge in [-0.05, 0) is 57.2 Å². The van der Waals surface area contributed by atoms with Gasteiger partial charge in [0.25, 0.3) is 0 Å². The van der Waals surface area contributed by atoms with Gasteiger partial charge in [0.15, 0.2) is 0 Å². The summed E-state index contributed by atoms with van der Waals surface area (Å²) in [6.45, 7) is 5.90. The smallest absolute Gasteiger partial charge is 1.00 e. The van der Waals surface area contributed by atoms with Crippen molar-refractivity contribution in [2.24, 2.45) is 0 Å². The Bertz CT molecular complexity index is 796. The van der Waals surface area contributed by atoms with Gasteiger partial charge in [0.2, 0.25) is 0 Å². The molecule has 0 fully saturated rings. The van der Waals surface area contributed by atoms with Crippen LogP contribution in [0.15, 0.2) is 72.8 Å². The molecule has 0 bridgehead atoms. The first-order valence-electron chi connectivity index (χ1n) is 8.31. The molecule has 0 aliphatic heterocycles. The quantitative estimate of drug-likeness (QED) is 0.447. The monoisotopic (exact) mass is 427 g/mol. The molecule has 0 aliphatic carbocycles. The van der Waals surface area contributed by atoms with E-state index >= 15 is 0 Å². The van der Waals surface area contributed by atoms with E-state index in [4.69, 9.17) is 13.6 Å². The Morgan fingerprint density at radius 2 is 0.786 bits per heavy atom. The second-order valence-electron chi connectivity index (χ2n) is 6.16. The van der Waals surface area contributed by atoms with Crippen molar-refractivity contribution in [3.63, 3.8) is 0 Å². The Morgan fingerprint density at radius 1 is 0.571 bits per heavy atom. The number of phosphoric acid groups is 1. The summed E-state index contributed by atoms with van der Waals surface area (Å²) in [6.07, 6.45) is 0. The third-order valence-electron chi connectivity index (χ3n) is 3.71. The van der Waals surface area contributed by atoms with Crippen molar-refractivity contribution in [3.05, 3.63) is 89.5 Å². The maximum atomic E-state index is 13.3. The molecule has 0 spiro atoms. The van der Waals surface area contributed by atoms with Crippen LogP contribution in [0, 0.1) is 20.8 Å². The predicted molar refractivity (Wildman–Crippen MR) is 104 cm³/mol. The maximum absolute atomic E-state index is 13.3. The van der Waals surface area contributed by atoms with Crippen molar-refractivity contribution in [2.45, 2.75) is 20.8 Å². The van der Waals surface area contributed by atoms with Gasteiger partial charge >= 0.3 is 26.7 Å². The number of phosphoric ester groups is 1. The predicted octanol–water partition coefficient (Wildman–Crippen LogP) is 3.37. The van der Waals surface area contributed by atoms with Crippen LogP contribution in [-0.2, 0) is 23.1 Å². The van der Waals surface area contributed by atoms with E-state index < -0.39 is 7.82 Å². The SMILES string of the molecule is Cc1ccc(OP(=O)(Oc2ccc(C)cc2)Oc2ccc(C)cc2)cc1.[H-].[Li+].[V]. The molecular weight excluding hydrogens is 405 g/mol. The Kier molecular flexibility index (Phi) is 9.51. The van der Waals surface area contributed by atoms with Gasteiger partial charge < -0.3 is 15.0 Å². The molecule has 3 aromatic rings. The van der Waals surface area contributed by atoms with Crippen molar-refractivity contribution >= 4 is 7.82 Å². The molecule has 28 heavy (non-hydrogen) atoms. The van der Waals surface area contributed by atoms with Crippen LogP contribution in [0.4, 0.5) is 0 Å². The van der Waals surface area contributed by atoms with Crippen LogP contribution >= 0.6 is 7.82 Å². The summed E-state index contributed by atoms with van der Waals surface area (Å²) >= 11 is 0. The minimum absolute atomic E-state index is 0. The van der Waals surface area contributed by atoms with Gasteiger partial charge in [-0.3, -0.25) is 0 Å². The van der Waals surface area contributed by atoms with Crippen molar-refractivity contribution in [2.75, 3.05) is 0 Å². The van der Waals surface area contributed by atoms with Crippen LogP contribution in [0.25, 0.3) is 0 Å². The second-order valence-corrected chi connectivity index (χ2v) is 7.60. The van der Waals surface area contributed by atoms with E-state index in [1.54, 1.807) is 36.4 Å². The summed E-state index contributed by atoms with van der Waals surface area (Å²) in [6, 6.07) is 21.6. The zero-order chi connectivity index (χ0) is 18.6. The van der Waals surface area contributed by atoms with Gasteiger partial charge in [-0.25, -0.2) is 0 Å². The van der Waals surface area contributed by atoms with E-state index in [1.165, 1.54) is 0 Å². The number of rotatable bonds is 6. The molecule has 7 heteroatoms. The minimum Gasteiger partial charge on any atom is -1.00 e. The van der Waals surface area contributed by atoms with Crippen molar-refractivity contribution < 1.29 is 57.0 Å². The molecule has 0 unspecified atom stereocenters. The molecule has 0 N–H and O–H groups in total. The Morgan fingerprint density at radius 3 is 1.00 bits per heavy atom. The Hall–Kier alpha value is -1.53. The maximum Gasteiger partial charge on any atom is 1.00 e. The van der Waals surface area contributed by atoms with E-state index in [0.29, 0.717) is 17.2 Å². The molecule has 4 nitrogen and oxygen atoms in total. The van der Waals surface area contributed by atoms with E-state index in [2.05, 4.69) is 0 Å². The zero-order valence-corrected chi connectivity index (χ0v) is 18.7. The first-order valence-corrected chi connectivity index (χ1v) is 9.77. The summed E-state index contributed by atoms with van der Waals surface area (Å²) < 4.78 is 30.2. The minimum atomic E-state index is -3.93. The molecule has 0 aliphatic rings. The summed E-state index contributed by atoms with van der Waals surface area (Å²) in [4.78, 5) is 0. The van der Waals surface area contributed by atoms with Crippen LogP contribution in [0.1, 0.15) is 18.1 Å². The van der Waals surface area contributed by atoms with E-state index in [-0.39, 0.29) is 38.8 Å². The number of benzene rings is 3. The van der Waals surface area contributed by atoms with Gasteiger partial charge in [-0.1, -0.05) is 53.1 Å². The standard InChI is InChI=1S/C21H21O4P.Li.V.H/c1-16-4-10-19(11-5-16)23-26(22,24-20-12-6-17(2)7-13-20)25-21-14-8-18(3)9-15-21;;;/h4-15H,1-3H3;;;/q;+1;;-1. The van der Waals surface area contributed by atoms with Crippen molar-refractivity contribution in [1.82, 2.24) is 0 Å². The summed E-state index contributed by atoms with van der Waals surface area (Å²) in [5.74, 6) is 1.24. The topological polar surface area (TPSA) is 44.8 Å². The molecule has 1 radical (unpaired) electrons. The van der Waals surface area contributed by atoms with Gasteiger partial charge in [0.05, 0.1) is 0 Å². The molecule has 0 atom stereocenters. The molecule has 3 aromatic carbocycles. The molecular formula is C21H22LiO4PV. The zero-order valence-electron chi connectivity index (χ0n) is 17.5. The summed E-state index contributed by atoms with van der Waals surface area (Å²) in [5, 5.41) is 0. The van der Waals surface area contributed by atoms with Gasteiger partial charge in [0.1, 0.15) is 17.2 Å². The largest absolute Gasteiger partial charge is 1.00 e. The van der Waals surface area contributed by atoms with Crippen LogP contribution in [0.5, 0.6) is 17.2 Å². The van der Waals surface area contributed by atoms with E-state index in [1.807, 2.05) is 57.2 Å². The van der Waals surface area contributed by atoms with E-state index in [0.717, 1.165) is 16.7 Å². The summed E-state index contributed by atoms with van der Waals surface area (Å²) in [5.41, 5.74) is 3.23. The fourth-order valence-corrected chi connectivity index (χ4v) is 3.49. The van der Waals surface area contributed by atoms with Gasteiger partial charge in [-0.15, -0.1) is 0 Å². The molecule has 0 saturated heterocycles. The number of aryl methyl sites for hydroxylation is 3. The molecule has 0 heterocycles. The molecule has 141 valence electrons. The molecule has 0 aromatic heterocycles. The van der Waals surface area contributed by atoms with Crippen LogP contribution < -0.4 is 32.4 Å². The fourth-order valence-electron chi connectivity index (χ4n) is 2.24. The van der Waals surface area contributed by atoms with Crippen molar-refractivity contribution in [3.8, 4) is 17.2 Å². The first-order chi connectivity index (χ1) is 12.4. The van der Waals surface area contributed by atoms with Crippen LogP contribution in [-0.4, -0.2) is 0 Å². The van der Waals surface area contributed by atoms with Gasteiger partial charge in [0, 0.05) is 18.6 Å². The third-order valence-corrected chi connectivity index (χ3v) is 5.02. The fraction of sp³-hybridized carbons (Fsp3) is 0.143. The number of hydrogen-bond acceptors (Lipinski definition) is 4. The first kappa shape index (κ1) is 24.5. The number of hydrogen-bond donors (Lipinski definition) is 0. The Balaban J connectivity index is 0.00000261. The second kappa shape index (κ2) is 10.9. The third kappa shape index (κ3) is 7.13. The van der Waals surface area contributed by atoms with Crippen molar-refractivity contribution in [1.29, 1.82) is 0 Å².